The number of carbonyl (C=O) groups excluding carboxylic acids is 1. The molecule has 1 fully saturated rings. The minimum atomic E-state index is -0.0903. The number of benzene rings is 1. The summed E-state index contributed by atoms with van der Waals surface area (Å²) in [7, 11) is 0. The summed E-state index contributed by atoms with van der Waals surface area (Å²) in [6, 6.07) is 10.1. The maximum atomic E-state index is 12.4. The van der Waals surface area contributed by atoms with Crippen LogP contribution in [0.2, 0.25) is 0 Å². The fourth-order valence-electron chi connectivity index (χ4n) is 2.93. The van der Waals surface area contributed by atoms with Crippen LogP contribution in [0.5, 0.6) is 0 Å². The summed E-state index contributed by atoms with van der Waals surface area (Å²) in [5.41, 5.74) is 1.14. The van der Waals surface area contributed by atoms with Gasteiger partial charge in [0.2, 0.25) is 0 Å². The Morgan fingerprint density at radius 2 is 1.91 bits per heavy atom. The summed E-state index contributed by atoms with van der Waals surface area (Å²) in [6.07, 6.45) is 4.09. The predicted octanol–water partition coefficient (Wildman–Crippen LogP) is 3.60. The van der Waals surface area contributed by atoms with E-state index in [1.165, 1.54) is 0 Å². The Morgan fingerprint density at radius 1 is 1.26 bits per heavy atom. The van der Waals surface area contributed by atoms with Crippen molar-refractivity contribution in [1.29, 1.82) is 0 Å². The summed E-state index contributed by atoms with van der Waals surface area (Å²) >= 11 is 1.83. The SMILES string of the molecule is CSC1(CNC(=O)N[C@H](c2ccccc2)C(C)C)CCOCC1. The maximum absolute atomic E-state index is 12.4. The molecule has 0 bridgehead atoms. The number of amides is 2. The van der Waals surface area contributed by atoms with Crippen molar-refractivity contribution < 1.29 is 9.53 Å². The van der Waals surface area contributed by atoms with E-state index >= 15 is 0 Å². The largest absolute Gasteiger partial charge is 0.381 e. The van der Waals surface area contributed by atoms with Crippen LogP contribution in [0.15, 0.2) is 30.3 Å². The first kappa shape index (κ1) is 18.1. The molecule has 2 amide bonds. The highest BCUT2D eigenvalue weighted by Gasteiger charge is 2.32. The number of hydrogen-bond acceptors (Lipinski definition) is 3. The fourth-order valence-corrected chi connectivity index (χ4v) is 3.72. The Balaban J connectivity index is 1.92. The zero-order valence-electron chi connectivity index (χ0n) is 14.3. The lowest BCUT2D eigenvalue weighted by molar-refractivity contribution is 0.0776. The Labute approximate surface area is 143 Å². The van der Waals surface area contributed by atoms with E-state index in [0.29, 0.717) is 12.5 Å². The van der Waals surface area contributed by atoms with Crippen LogP contribution in [0.25, 0.3) is 0 Å². The van der Waals surface area contributed by atoms with Gasteiger partial charge in [-0.1, -0.05) is 44.2 Å². The van der Waals surface area contributed by atoms with E-state index in [0.717, 1.165) is 31.6 Å². The van der Waals surface area contributed by atoms with Crippen LogP contribution in [0, 0.1) is 5.92 Å². The van der Waals surface area contributed by atoms with E-state index in [9.17, 15) is 4.79 Å². The molecule has 1 aliphatic heterocycles. The normalized spacial score (nSPS) is 18.4. The molecule has 0 saturated carbocycles. The Hall–Kier alpha value is -1.20. The third-order valence-corrected chi connectivity index (χ3v) is 5.94. The van der Waals surface area contributed by atoms with Gasteiger partial charge in [-0.2, -0.15) is 11.8 Å². The number of thioether (sulfide) groups is 1. The first-order valence-electron chi connectivity index (χ1n) is 8.28. The highest BCUT2D eigenvalue weighted by molar-refractivity contribution is 8.00. The van der Waals surface area contributed by atoms with Crippen molar-refractivity contribution in [3.63, 3.8) is 0 Å². The molecule has 2 N–H and O–H groups in total. The summed E-state index contributed by atoms with van der Waals surface area (Å²) in [4.78, 5) is 12.4. The van der Waals surface area contributed by atoms with Crippen molar-refractivity contribution in [3.8, 4) is 0 Å². The number of nitrogens with one attached hydrogen (secondary N) is 2. The van der Waals surface area contributed by atoms with Crippen molar-refractivity contribution in [2.45, 2.75) is 37.5 Å². The molecular weight excluding hydrogens is 308 g/mol. The lowest BCUT2D eigenvalue weighted by Gasteiger charge is -2.36. The minimum Gasteiger partial charge on any atom is -0.381 e. The molecule has 0 aliphatic carbocycles. The molecule has 23 heavy (non-hydrogen) atoms. The molecule has 0 aromatic heterocycles. The van der Waals surface area contributed by atoms with Gasteiger partial charge in [-0.05, 0) is 30.6 Å². The second-order valence-electron chi connectivity index (χ2n) is 6.46. The maximum Gasteiger partial charge on any atom is 0.315 e. The Kier molecular flexibility index (Phi) is 6.78. The molecule has 0 spiro atoms. The van der Waals surface area contributed by atoms with Gasteiger partial charge in [-0.15, -0.1) is 0 Å². The molecular formula is C18H28N2O2S. The van der Waals surface area contributed by atoms with E-state index in [-0.39, 0.29) is 16.8 Å². The number of rotatable bonds is 6. The van der Waals surface area contributed by atoms with Crippen LogP contribution >= 0.6 is 11.8 Å². The second-order valence-corrected chi connectivity index (χ2v) is 7.73. The number of hydrogen-bond donors (Lipinski definition) is 2. The van der Waals surface area contributed by atoms with Gasteiger partial charge >= 0.3 is 6.03 Å². The summed E-state index contributed by atoms with van der Waals surface area (Å²) in [5, 5.41) is 6.20. The Morgan fingerprint density at radius 3 is 2.48 bits per heavy atom. The lowest BCUT2D eigenvalue weighted by atomic mass is 9.96. The van der Waals surface area contributed by atoms with Crippen molar-refractivity contribution in [2.75, 3.05) is 26.0 Å². The molecule has 1 aromatic rings. The molecule has 128 valence electrons. The first-order chi connectivity index (χ1) is 11.1. The van der Waals surface area contributed by atoms with Crippen molar-refractivity contribution in [2.24, 2.45) is 5.92 Å². The van der Waals surface area contributed by atoms with Crippen LogP contribution in [-0.2, 0) is 4.74 Å². The average molecular weight is 337 g/mol. The topological polar surface area (TPSA) is 50.4 Å². The molecule has 1 saturated heterocycles. The van der Waals surface area contributed by atoms with Gasteiger partial charge in [0.25, 0.3) is 0 Å². The first-order valence-corrected chi connectivity index (χ1v) is 9.51. The molecule has 4 nitrogen and oxygen atoms in total. The van der Waals surface area contributed by atoms with Gasteiger partial charge in [-0.3, -0.25) is 0 Å². The van der Waals surface area contributed by atoms with E-state index in [4.69, 9.17) is 4.74 Å². The predicted molar refractivity (Wildman–Crippen MR) is 96.9 cm³/mol. The lowest BCUT2D eigenvalue weighted by Crippen LogP contribution is -2.48. The third kappa shape index (κ3) is 5.15. The molecule has 1 heterocycles. The fraction of sp³-hybridized carbons (Fsp3) is 0.611. The van der Waals surface area contributed by atoms with Gasteiger partial charge in [0.15, 0.2) is 0 Å². The number of carbonyl (C=O) groups is 1. The third-order valence-electron chi connectivity index (χ3n) is 4.52. The van der Waals surface area contributed by atoms with E-state index in [1.54, 1.807) is 0 Å². The summed E-state index contributed by atoms with van der Waals surface area (Å²) in [5.74, 6) is 0.334. The molecule has 0 unspecified atom stereocenters. The number of urea groups is 1. The van der Waals surface area contributed by atoms with Crippen LogP contribution < -0.4 is 10.6 Å². The zero-order valence-corrected chi connectivity index (χ0v) is 15.1. The molecule has 1 aromatic carbocycles. The smallest absolute Gasteiger partial charge is 0.315 e. The van der Waals surface area contributed by atoms with Crippen LogP contribution in [-0.4, -0.2) is 36.8 Å². The zero-order chi connectivity index (χ0) is 16.7. The highest BCUT2D eigenvalue weighted by atomic mass is 32.2. The van der Waals surface area contributed by atoms with Crippen molar-refractivity contribution >= 4 is 17.8 Å². The summed E-state index contributed by atoms with van der Waals surface area (Å²) < 4.78 is 5.55. The van der Waals surface area contributed by atoms with Gasteiger partial charge in [0.1, 0.15) is 0 Å². The van der Waals surface area contributed by atoms with E-state index in [2.05, 4.69) is 42.9 Å². The quantitative estimate of drug-likeness (QED) is 0.834. The summed E-state index contributed by atoms with van der Waals surface area (Å²) in [6.45, 7) is 6.49. The molecule has 1 aliphatic rings. The van der Waals surface area contributed by atoms with Gasteiger partial charge < -0.3 is 15.4 Å². The standard InChI is InChI=1S/C18H28N2O2S/c1-14(2)16(15-7-5-4-6-8-15)20-17(21)19-13-18(23-3)9-11-22-12-10-18/h4-8,14,16H,9-13H2,1-3H3,(H2,19,20,21)/t16-/m0/s1. The average Bonchev–Trinajstić information content (AvgIpc) is 2.59. The van der Waals surface area contributed by atoms with Crippen molar-refractivity contribution in [1.82, 2.24) is 10.6 Å². The monoisotopic (exact) mass is 336 g/mol. The van der Waals surface area contributed by atoms with E-state index in [1.807, 2.05) is 30.0 Å². The van der Waals surface area contributed by atoms with Gasteiger partial charge in [0.05, 0.1) is 6.04 Å². The van der Waals surface area contributed by atoms with Crippen LogP contribution in [0.1, 0.15) is 38.3 Å². The Bertz CT molecular complexity index is 487. The molecule has 1 atom stereocenters. The second kappa shape index (κ2) is 8.60. The minimum absolute atomic E-state index is 0.0242. The van der Waals surface area contributed by atoms with E-state index < -0.39 is 0 Å². The molecule has 0 radical (unpaired) electrons. The van der Waals surface area contributed by atoms with Gasteiger partial charge in [0, 0.05) is 24.5 Å². The number of ether oxygens (including phenoxy) is 1. The van der Waals surface area contributed by atoms with Gasteiger partial charge in [-0.25, -0.2) is 4.79 Å². The van der Waals surface area contributed by atoms with Crippen LogP contribution in [0.4, 0.5) is 4.79 Å². The van der Waals surface area contributed by atoms with Crippen LogP contribution in [0.3, 0.4) is 0 Å². The van der Waals surface area contributed by atoms with Crippen molar-refractivity contribution in [3.05, 3.63) is 35.9 Å². The highest BCUT2D eigenvalue weighted by Crippen LogP contribution is 2.33. The molecule has 5 heteroatoms. The molecule has 2 rings (SSSR count).